The number of nitrogens with zero attached hydrogens (tertiary/aromatic N) is 2. The quantitative estimate of drug-likeness (QED) is 0.480. The molecular formula is C23H32N4O4S. The minimum Gasteiger partial charge on any atom is -0.350 e. The van der Waals surface area contributed by atoms with Crippen molar-refractivity contribution in [3.8, 4) is 0 Å². The molecule has 0 aromatic heterocycles. The largest absolute Gasteiger partial charge is 0.350 e. The Kier molecular flexibility index (Phi) is 7.51. The summed E-state index contributed by atoms with van der Waals surface area (Å²) >= 11 is 1.33. The summed E-state index contributed by atoms with van der Waals surface area (Å²) in [6, 6.07) is 6.80. The van der Waals surface area contributed by atoms with Crippen molar-refractivity contribution in [2.75, 3.05) is 13.6 Å². The Hall–Kier alpha value is -2.52. The molecule has 3 amide bonds. The van der Waals surface area contributed by atoms with E-state index in [4.69, 9.17) is 4.28 Å². The number of carbonyl (C=O) groups is 3. The highest BCUT2D eigenvalue weighted by Crippen LogP contribution is 2.39. The molecule has 1 aromatic carbocycles. The van der Waals surface area contributed by atoms with Gasteiger partial charge in [-0.3, -0.25) is 14.4 Å². The number of likely N-dealkylation sites (tertiary alicyclic amines) is 1. The molecule has 0 bridgehead atoms. The van der Waals surface area contributed by atoms with E-state index in [0.717, 1.165) is 28.1 Å². The molecule has 0 saturated carbocycles. The van der Waals surface area contributed by atoms with E-state index in [9.17, 15) is 14.4 Å². The van der Waals surface area contributed by atoms with E-state index in [1.807, 2.05) is 59.0 Å². The Balaban J connectivity index is 1.61. The van der Waals surface area contributed by atoms with Crippen molar-refractivity contribution >= 4 is 35.2 Å². The van der Waals surface area contributed by atoms with Gasteiger partial charge in [0.2, 0.25) is 18.2 Å². The van der Waals surface area contributed by atoms with E-state index >= 15 is 0 Å². The number of allylic oxidation sites excluding steroid dienone is 1. The number of rotatable bonds is 7. The SMILES string of the molecule is CC1=C(c2ccc(CNC(=O)C3CCCN3C(=O)C(NC=O)C(C)(C)C)cc2)SON1C. The van der Waals surface area contributed by atoms with Gasteiger partial charge < -0.3 is 15.5 Å². The Bertz CT molecular complexity index is 894. The summed E-state index contributed by atoms with van der Waals surface area (Å²) in [7, 11) is 1.87. The topological polar surface area (TPSA) is 91.0 Å². The van der Waals surface area contributed by atoms with Crippen LogP contribution < -0.4 is 10.6 Å². The molecule has 2 atom stereocenters. The van der Waals surface area contributed by atoms with Crippen molar-refractivity contribution < 1.29 is 18.7 Å². The fourth-order valence-electron chi connectivity index (χ4n) is 3.92. The number of hydrogen-bond donors (Lipinski definition) is 2. The van der Waals surface area contributed by atoms with E-state index < -0.39 is 17.5 Å². The lowest BCUT2D eigenvalue weighted by Gasteiger charge is -2.34. The lowest BCUT2D eigenvalue weighted by molar-refractivity contribution is -0.142. The maximum absolute atomic E-state index is 13.1. The van der Waals surface area contributed by atoms with Gasteiger partial charge in [0.25, 0.3) is 0 Å². The van der Waals surface area contributed by atoms with E-state index in [1.165, 1.54) is 12.0 Å². The number of hydroxylamine groups is 2. The molecular weight excluding hydrogens is 428 g/mol. The molecule has 0 spiro atoms. The lowest BCUT2D eigenvalue weighted by atomic mass is 9.85. The lowest BCUT2D eigenvalue weighted by Crippen LogP contribution is -2.56. The Morgan fingerprint density at radius 3 is 2.53 bits per heavy atom. The van der Waals surface area contributed by atoms with Crippen molar-refractivity contribution in [2.45, 2.75) is 59.2 Å². The molecule has 2 N–H and O–H groups in total. The first-order valence-electron chi connectivity index (χ1n) is 10.8. The molecule has 0 radical (unpaired) electrons. The Morgan fingerprint density at radius 2 is 1.97 bits per heavy atom. The molecule has 1 fully saturated rings. The Labute approximate surface area is 193 Å². The molecule has 8 nitrogen and oxygen atoms in total. The molecule has 2 unspecified atom stereocenters. The van der Waals surface area contributed by atoms with Crippen LogP contribution in [0.25, 0.3) is 4.91 Å². The summed E-state index contributed by atoms with van der Waals surface area (Å²) in [6.45, 7) is 8.59. The average molecular weight is 461 g/mol. The number of nitrogens with one attached hydrogen (secondary N) is 2. The van der Waals surface area contributed by atoms with Gasteiger partial charge in [0.15, 0.2) is 0 Å². The van der Waals surface area contributed by atoms with Crippen LogP contribution in [-0.2, 0) is 25.2 Å². The number of carbonyl (C=O) groups excluding carboxylic acids is 3. The second-order valence-electron chi connectivity index (χ2n) is 9.26. The normalized spacial score (nSPS) is 19.8. The molecule has 3 rings (SSSR count). The molecule has 9 heteroatoms. The summed E-state index contributed by atoms with van der Waals surface area (Å²) in [4.78, 5) is 39.7. The van der Waals surface area contributed by atoms with Gasteiger partial charge in [0.05, 0.1) is 22.6 Å². The third kappa shape index (κ3) is 5.27. The molecule has 1 saturated heterocycles. The van der Waals surface area contributed by atoms with Crippen LogP contribution in [0.5, 0.6) is 0 Å². The first-order chi connectivity index (χ1) is 15.1. The van der Waals surface area contributed by atoms with Crippen LogP contribution >= 0.6 is 12.0 Å². The van der Waals surface area contributed by atoms with Gasteiger partial charge in [-0.2, -0.15) is 4.28 Å². The number of benzene rings is 1. The molecule has 2 aliphatic heterocycles. The highest BCUT2D eigenvalue weighted by atomic mass is 32.2. The van der Waals surface area contributed by atoms with Crippen LogP contribution in [-0.4, -0.2) is 53.9 Å². The fraction of sp³-hybridized carbons (Fsp3) is 0.522. The average Bonchev–Trinajstić information content (AvgIpc) is 3.37. The zero-order valence-electron chi connectivity index (χ0n) is 19.3. The maximum atomic E-state index is 13.1. The third-order valence-corrected chi connectivity index (χ3v) is 6.90. The van der Waals surface area contributed by atoms with E-state index in [1.54, 1.807) is 9.96 Å². The smallest absolute Gasteiger partial charge is 0.246 e. The van der Waals surface area contributed by atoms with Crippen molar-refractivity contribution in [2.24, 2.45) is 5.41 Å². The van der Waals surface area contributed by atoms with Crippen LogP contribution in [0.3, 0.4) is 0 Å². The van der Waals surface area contributed by atoms with Gasteiger partial charge in [0.1, 0.15) is 12.1 Å². The minimum atomic E-state index is -0.671. The van der Waals surface area contributed by atoms with Crippen molar-refractivity contribution in [3.63, 3.8) is 0 Å². The van der Waals surface area contributed by atoms with Crippen molar-refractivity contribution in [1.82, 2.24) is 20.6 Å². The molecule has 32 heavy (non-hydrogen) atoms. The van der Waals surface area contributed by atoms with Crippen LogP contribution in [0, 0.1) is 5.41 Å². The number of hydrogen-bond acceptors (Lipinski definition) is 6. The second-order valence-corrected chi connectivity index (χ2v) is 9.98. The minimum absolute atomic E-state index is 0.168. The summed E-state index contributed by atoms with van der Waals surface area (Å²) < 4.78 is 5.44. The van der Waals surface area contributed by atoms with Crippen LogP contribution in [0.2, 0.25) is 0 Å². The van der Waals surface area contributed by atoms with E-state index in [-0.39, 0.29) is 11.8 Å². The molecule has 2 aliphatic rings. The number of amides is 3. The van der Waals surface area contributed by atoms with Gasteiger partial charge in [-0.1, -0.05) is 45.0 Å². The fourth-order valence-corrected chi connectivity index (χ4v) is 4.70. The third-order valence-electron chi connectivity index (χ3n) is 5.90. The van der Waals surface area contributed by atoms with E-state index in [2.05, 4.69) is 10.6 Å². The Morgan fingerprint density at radius 1 is 1.28 bits per heavy atom. The first-order valence-corrected chi connectivity index (χ1v) is 11.5. The molecule has 2 heterocycles. The van der Waals surface area contributed by atoms with E-state index in [0.29, 0.717) is 25.9 Å². The van der Waals surface area contributed by atoms with Crippen molar-refractivity contribution in [3.05, 3.63) is 41.1 Å². The van der Waals surface area contributed by atoms with Gasteiger partial charge in [-0.15, -0.1) is 0 Å². The predicted octanol–water partition coefficient (Wildman–Crippen LogP) is 2.67. The van der Waals surface area contributed by atoms with Gasteiger partial charge in [-0.25, -0.2) is 5.06 Å². The predicted molar refractivity (Wildman–Crippen MR) is 124 cm³/mol. The second kappa shape index (κ2) is 9.95. The summed E-state index contributed by atoms with van der Waals surface area (Å²) in [5.41, 5.74) is 2.65. The summed E-state index contributed by atoms with van der Waals surface area (Å²) in [5, 5.41) is 7.33. The van der Waals surface area contributed by atoms with Gasteiger partial charge in [0, 0.05) is 20.1 Å². The van der Waals surface area contributed by atoms with Gasteiger partial charge >= 0.3 is 0 Å². The van der Waals surface area contributed by atoms with Crippen molar-refractivity contribution in [1.29, 1.82) is 0 Å². The molecule has 1 aromatic rings. The first kappa shape index (κ1) is 24.1. The zero-order valence-corrected chi connectivity index (χ0v) is 20.1. The maximum Gasteiger partial charge on any atom is 0.246 e. The highest BCUT2D eigenvalue weighted by molar-refractivity contribution is 8.04. The van der Waals surface area contributed by atoms with Crippen LogP contribution in [0.4, 0.5) is 0 Å². The molecule has 0 aliphatic carbocycles. The zero-order chi connectivity index (χ0) is 23.5. The molecule has 174 valence electrons. The summed E-state index contributed by atoms with van der Waals surface area (Å²) in [6.07, 6.45) is 1.93. The highest BCUT2D eigenvalue weighted by Gasteiger charge is 2.40. The van der Waals surface area contributed by atoms with Crippen LogP contribution in [0.15, 0.2) is 30.0 Å². The van der Waals surface area contributed by atoms with Gasteiger partial charge in [-0.05, 0) is 36.3 Å². The standard InChI is InChI=1S/C23H32N4O4S/c1-15-19(32-31-26(15)5)17-10-8-16(9-11-17)13-24-21(29)18-7-6-12-27(18)22(30)20(25-14-28)23(2,3)4/h8-11,14,18,20H,6-7,12-13H2,1-5H3,(H,24,29)(H,25,28). The summed E-state index contributed by atoms with van der Waals surface area (Å²) in [5.74, 6) is -0.380. The monoisotopic (exact) mass is 460 g/mol. The van der Waals surface area contributed by atoms with Crippen LogP contribution in [0.1, 0.15) is 51.7 Å².